The van der Waals surface area contributed by atoms with Gasteiger partial charge in [-0.05, 0) is 11.1 Å². The molecule has 48 heavy (non-hydrogen) atoms. The second kappa shape index (κ2) is 18.2. The molecule has 2 N–H and O–H groups in total. The molecular formula is C38H48BN3O5S. The van der Waals surface area contributed by atoms with Crippen molar-refractivity contribution in [1.29, 1.82) is 0 Å². The van der Waals surface area contributed by atoms with Crippen molar-refractivity contribution in [1.82, 2.24) is 14.5 Å². The van der Waals surface area contributed by atoms with Gasteiger partial charge in [-0.1, -0.05) is 60.7 Å². The normalized spacial score (nSPS) is 13.3. The fourth-order valence-electron chi connectivity index (χ4n) is 5.81. The van der Waals surface area contributed by atoms with Crippen LogP contribution in [0.25, 0.3) is 0 Å². The van der Waals surface area contributed by atoms with Crippen molar-refractivity contribution < 1.29 is 23.0 Å². The van der Waals surface area contributed by atoms with Gasteiger partial charge in [-0.2, -0.15) is 0 Å². The van der Waals surface area contributed by atoms with Gasteiger partial charge in [-0.15, -0.1) is 0 Å². The first-order valence-corrected chi connectivity index (χ1v) is 17.9. The van der Waals surface area contributed by atoms with Gasteiger partial charge in [0.15, 0.2) is 0 Å². The molecule has 0 aliphatic rings. The molecule has 0 heterocycles. The van der Waals surface area contributed by atoms with Gasteiger partial charge in [-0.3, -0.25) is 0 Å². The number of rotatable bonds is 20. The summed E-state index contributed by atoms with van der Waals surface area (Å²) in [6.45, 7) is 6.47. The zero-order chi connectivity index (χ0) is 34.4. The number of nitrogens with zero attached hydrogens (tertiary/aromatic N) is 2. The van der Waals surface area contributed by atoms with E-state index in [2.05, 4.69) is 48.3 Å². The van der Waals surface area contributed by atoms with Gasteiger partial charge in [0.1, 0.15) is 0 Å². The molecule has 10 heteroatoms. The topological polar surface area (TPSA) is 99.2 Å². The van der Waals surface area contributed by atoms with Crippen LogP contribution in [0, 0.1) is 5.41 Å². The van der Waals surface area contributed by atoms with E-state index in [9.17, 15) is 18.2 Å². The van der Waals surface area contributed by atoms with Gasteiger partial charge in [-0.25, -0.2) is 0 Å². The van der Waals surface area contributed by atoms with E-state index < -0.39 is 27.6 Å². The zero-order valence-corrected chi connectivity index (χ0v) is 29.1. The molecular weight excluding hydrogens is 621 g/mol. The van der Waals surface area contributed by atoms with Gasteiger partial charge >= 0.3 is 209 Å². The quantitative estimate of drug-likeness (QED) is 0.122. The summed E-state index contributed by atoms with van der Waals surface area (Å²) in [6, 6.07) is 36.1. The standard InChI is InChI=1S/C38H48BN3O5S/c1-38(2,23-24-41(26-32-15-9-5-10-16-32)27-33-17-11-6-12-18-33)29-42(48(45,46)35-21-19-34(47-3)20-22-35)28-37(43)36(40-30-39-44)25-31-13-7-4-8-14-31/h4-22,36-37,40,43H,23-30H2,1-3H3/t36-,37?/m0/s1. The number of ether oxygens (including phenoxy) is 1. The number of sulfonamides is 1. The van der Waals surface area contributed by atoms with E-state index in [1.807, 2.05) is 66.7 Å². The van der Waals surface area contributed by atoms with Crippen molar-refractivity contribution in [2.24, 2.45) is 5.41 Å². The van der Waals surface area contributed by atoms with E-state index in [1.165, 1.54) is 34.7 Å². The molecule has 0 radical (unpaired) electrons. The second-order valence-corrected chi connectivity index (χ2v) is 14.9. The van der Waals surface area contributed by atoms with Crippen molar-refractivity contribution in [2.45, 2.75) is 56.8 Å². The molecule has 0 saturated heterocycles. The Bertz CT molecular complexity index is 1580. The third-order valence-electron chi connectivity index (χ3n) is 8.52. The third-order valence-corrected chi connectivity index (χ3v) is 10.3. The Hall–Kier alpha value is -3.67. The maximum absolute atomic E-state index is 14.2. The van der Waals surface area contributed by atoms with Crippen LogP contribution in [-0.2, 0) is 34.2 Å². The van der Waals surface area contributed by atoms with Crippen LogP contribution in [0.1, 0.15) is 37.0 Å². The summed E-state index contributed by atoms with van der Waals surface area (Å²) in [5.74, 6) is 0.554. The van der Waals surface area contributed by atoms with E-state index in [4.69, 9.17) is 4.74 Å². The number of methoxy groups -OCH3 is 1. The van der Waals surface area contributed by atoms with E-state index in [0.29, 0.717) is 18.6 Å². The first-order valence-electron chi connectivity index (χ1n) is 16.4. The molecule has 0 aromatic heterocycles. The number of nitrogens with one attached hydrogen (secondary N) is 1. The van der Waals surface area contributed by atoms with Crippen LogP contribution < -0.4 is 10.1 Å². The van der Waals surface area contributed by atoms with E-state index >= 15 is 0 Å². The molecule has 2 atom stereocenters. The average Bonchev–Trinajstić information content (AvgIpc) is 3.10. The summed E-state index contributed by atoms with van der Waals surface area (Å²) in [5.41, 5.74) is 2.95. The minimum atomic E-state index is -4.01. The fraction of sp³-hybridized carbons (Fsp3) is 0.368. The van der Waals surface area contributed by atoms with Crippen molar-refractivity contribution in [3.05, 3.63) is 132 Å². The van der Waals surface area contributed by atoms with Gasteiger partial charge in [0.25, 0.3) is 0 Å². The Kier molecular flexibility index (Phi) is 14.1. The molecule has 1 unspecified atom stereocenters. The van der Waals surface area contributed by atoms with Crippen LogP contribution in [0.4, 0.5) is 0 Å². The van der Waals surface area contributed by atoms with Crippen LogP contribution in [0.3, 0.4) is 0 Å². The van der Waals surface area contributed by atoms with E-state index in [-0.39, 0.29) is 24.4 Å². The molecule has 0 aliphatic carbocycles. The fourth-order valence-corrected chi connectivity index (χ4v) is 7.45. The van der Waals surface area contributed by atoms with Crippen LogP contribution in [0.15, 0.2) is 120 Å². The summed E-state index contributed by atoms with van der Waals surface area (Å²) in [4.78, 5) is 2.52. The summed E-state index contributed by atoms with van der Waals surface area (Å²) < 4.78 is 46.4. The summed E-state index contributed by atoms with van der Waals surface area (Å²) in [5, 5.41) is 14.7. The van der Waals surface area contributed by atoms with Crippen LogP contribution in [0.2, 0.25) is 0 Å². The molecule has 254 valence electrons. The number of benzene rings is 4. The van der Waals surface area contributed by atoms with Gasteiger partial charge < -0.3 is 0 Å². The SMILES string of the molecule is COc1ccc(S(=O)(=O)N(CC(O)[C@H](Cc2ccccc2)NCB=O)CC(C)(C)CCN(Cc2ccccc2)Cc2ccccc2)cc1. The van der Waals surface area contributed by atoms with Crippen LogP contribution >= 0.6 is 0 Å². The van der Waals surface area contributed by atoms with Crippen molar-refractivity contribution >= 4 is 17.2 Å². The number of hydrogen-bond donors (Lipinski definition) is 2. The number of hydrogen-bond acceptors (Lipinski definition) is 7. The summed E-state index contributed by atoms with van der Waals surface area (Å²) in [6.07, 6.45) is 0.114. The molecule has 0 bridgehead atoms. The molecule has 4 aromatic rings. The number of aliphatic hydroxyl groups is 1. The molecule has 4 aromatic carbocycles. The van der Waals surface area contributed by atoms with Crippen molar-refractivity contribution in [3.63, 3.8) is 0 Å². The Morgan fingerprint density at radius 1 is 0.812 bits per heavy atom. The molecule has 4 rings (SSSR count). The minimum absolute atomic E-state index is 0.0456. The average molecular weight is 670 g/mol. The Labute approximate surface area is 287 Å². The van der Waals surface area contributed by atoms with Crippen molar-refractivity contribution in [2.75, 3.05) is 33.2 Å². The number of aliphatic hydroxyl groups excluding tert-OH is 1. The molecule has 8 nitrogen and oxygen atoms in total. The summed E-state index contributed by atoms with van der Waals surface area (Å²) in [7, 11) is -1.73. The Morgan fingerprint density at radius 2 is 1.33 bits per heavy atom. The first kappa shape index (κ1) is 37.2. The predicted molar refractivity (Wildman–Crippen MR) is 192 cm³/mol. The van der Waals surface area contributed by atoms with Gasteiger partial charge in [0, 0.05) is 0 Å². The molecule has 0 amide bonds. The van der Waals surface area contributed by atoms with Crippen LogP contribution in [0.5, 0.6) is 5.75 Å². The zero-order valence-electron chi connectivity index (χ0n) is 28.2. The Balaban J connectivity index is 1.57. The van der Waals surface area contributed by atoms with Gasteiger partial charge in [0.2, 0.25) is 0 Å². The van der Waals surface area contributed by atoms with Crippen molar-refractivity contribution in [3.8, 4) is 5.75 Å². The van der Waals surface area contributed by atoms with E-state index in [1.54, 1.807) is 12.1 Å². The first-order chi connectivity index (χ1) is 23.1. The molecule has 0 fully saturated rings. The molecule has 0 spiro atoms. The van der Waals surface area contributed by atoms with Crippen LogP contribution in [-0.4, -0.2) is 75.2 Å². The summed E-state index contributed by atoms with van der Waals surface area (Å²) >= 11 is 0. The van der Waals surface area contributed by atoms with E-state index in [0.717, 1.165) is 32.3 Å². The monoisotopic (exact) mass is 669 g/mol. The molecule has 0 aliphatic heterocycles. The Morgan fingerprint density at radius 3 is 1.83 bits per heavy atom. The third kappa shape index (κ3) is 11.5. The predicted octanol–water partition coefficient (Wildman–Crippen LogP) is 5.37. The maximum atomic E-state index is 14.2. The molecule has 0 saturated carbocycles. The van der Waals surface area contributed by atoms with Gasteiger partial charge in [0.05, 0.1) is 7.11 Å². The second-order valence-electron chi connectivity index (χ2n) is 13.0.